The Hall–Kier alpha value is -2.65. The summed E-state index contributed by atoms with van der Waals surface area (Å²) in [6.45, 7) is 2.94. The molecule has 2 heterocycles. The lowest BCUT2D eigenvalue weighted by molar-refractivity contribution is -0.117. The Morgan fingerprint density at radius 2 is 2.04 bits per heavy atom. The molecule has 0 aliphatic heterocycles. The van der Waals surface area contributed by atoms with Crippen molar-refractivity contribution in [2.45, 2.75) is 19.9 Å². The first-order valence-corrected chi connectivity index (χ1v) is 9.26. The molecule has 0 fully saturated rings. The Morgan fingerprint density at radius 1 is 1.26 bits per heavy atom. The number of benzene rings is 1. The second kappa shape index (κ2) is 8.83. The molecule has 0 unspecified atom stereocenters. The van der Waals surface area contributed by atoms with Crippen molar-refractivity contribution >= 4 is 22.9 Å². The van der Waals surface area contributed by atoms with Crippen molar-refractivity contribution < 1.29 is 18.0 Å². The van der Waals surface area contributed by atoms with Gasteiger partial charge in [0.2, 0.25) is 11.8 Å². The van der Waals surface area contributed by atoms with Gasteiger partial charge in [-0.3, -0.25) is 9.69 Å². The van der Waals surface area contributed by atoms with E-state index in [1.54, 1.807) is 0 Å². The SMILES string of the molecule is CCCN(CC(=O)Nc1cc(F)cc(F)c1)Cc1nnc(-c2cccs2)o1. The Kier molecular flexibility index (Phi) is 6.25. The van der Waals surface area contributed by atoms with Crippen molar-refractivity contribution in [3.05, 3.63) is 53.2 Å². The quantitative estimate of drug-likeness (QED) is 0.629. The third-order valence-electron chi connectivity index (χ3n) is 3.61. The number of rotatable bonds is 8. The molecular weight excluding hydrogens is 374 g/mol. The predicted molar refractivity (Wildman–Crippen MR) is 98.2 cm³/mol. The van der Waals surface area contributed by atoms with Gasteiger partial charge in [-0.25, -0.2) is 8.78 Å². The molecule has 6 nitrogen and oxygen atoms in total. The molecule has 9 heteroatoms. The molecule has 0 atom stereocenters. The van der Waals surface area contributed by atoms with E-state index in [1.165, 1.54) is 11.3 Å². The lowest BCUT2D eigenvalue weighted by Crippen LogP contribution is -2.33. The van der Waals surface area contributed by atoms with Gasteiger partial charge in [0.05, 0.1) is 18.0 Å². The molecular formula is C18H18F2N4O2S. The number of anilines is 1. The topological polar surface area (TPSA) is 71.3 Å². The normalized spacial score (nSPS) is 11.1. The van der Waals surface area contributed by atoms with Gasteiger partial charge in [-0.15, -0.1) is 21.5 Å². The average Bonchev–Trinajstić information content (AvgIpc) is 3.24. The fraction of sp³-hybridized carbons (Fsp3) is 0.278. The summed E-state index contributed by atoms with van der Waals surface area (Å²) in [5.41, 5.74) is 0.0757. The Balaban J connectivity index is 1.62. The van der Waals surface area contributed by atoms with Gasteiger partial charge in [0, 0.05) is 11.8 Å². The summed E-state index contributed by atoms with van der Waals surface area (Å²) in [6, 6.07) is 6.66. The molecule has 3 rings (SSSR count). The minimum atomic E-state index is -0.748. The number of hydrogen-bond donors (Lipinski definition) is 1. The zero-order valence-electron chi connectivity index (χ0n) is 14.6. The van der Waals surface area contributed by atoms with Crippen molar-refractivity contribution in [1.29, 1.82) is 0 Å². The van der Waals surface area contributed by atoms with E-state index in [-0.39, 0.29) is 18.1 Å². The number of thiophene rings is 1. The number of carbonyl (C=O) groups is 1. The standard InChI is InChI=1S/C18H18F2N4O2S/c1-2-5-24(10-16(25)21-14-8-12(19)7-13(20)9-14)11-17-22-23-18(26-17)15-4-3-6-27-15/h3-4,6-9H,2,5,10-11H2,1H3,(H,21,25). The highest BCUT2D eigenvalue weighted by atomic mass is 32.1. The molecule has 0 saturated carbocycles. The second-order valence-electron chi connectivity index (χ2n) is 5.90. The van der Waals surface area contributed by atoms with Gasteiger partial charge >= 0.3 is 0 Å². The largest absolute Gasteiger partial charge is 0.419 e. The van der Waals surface area contributed by atoms with Crippen LogP contribution in [0.5, 0.6) is 0 Å². The molecule has 0 saturated heterocycles. The van der Waals surface area contributed by atoms with Crippen LogP contribution >= 0.6 is 11.3 Å². The Labute approximate surface area is 158 Å². The molecule has 142 valence electrons. The van der Waals surface area contributed by atoms with Crippen LogP contribution in [0.15, 0.2) is 40.1 Å². The van der Waals surface area contributed by atoms with Crippen LogP contribution in [0.4, 0.5) is 14.5 Å². The first-order chi connectivity index (χ1) is 13.0. The van der Waals surface area contributed by atoms with Gasteiger partial charge < -0.3 is 9.73 Å². The number of nitrogens with zero attached hydrogens (tertiary/aromatic N) is 3. The minimum absolute atomic E-state index is 0.0304. The van der Waals surface area contributed by atoms with Crippen LogP contribution in [0.2, 0.25) is 0 Å². The van der Waals surface area contributed by atoms with Crippen LogP contribution in [-0.4, -0.2) is 34.1 Å². The summed E-state index contributed by atoms with van der Waals surface area (Å²) in [6.07, 6.45) is 0.813. The van der Waals surface area contributed by atoms with E-state index in [9.17, 15) is 13.6 Å². The number of hydrogen-bond acceptors (Lipinski definition) is 6. The number of halogens is 2. The van der Waals surface area contributed by atoms with Crippen molar-refractivity contribution in [2.75, 3.05) is 18.4 Å². The van der Waals surface area contributed by atoms with Gasteiger partial charge in [0.25, 0.3) is 5.89 Å². The average molecular weight is 392 g/mol. The number of nitrogens with one attached hydrogen (secondary N) is 1. The van der Waals surface area contributed by atoms with E-state index in [4.69, 9.17) is 4.42 Å². The molecule has 1 N–H and O–H groups in total. The van der Waals surface area contributed by atoms with E-state index in [0.717, 1.165) is 29.5 Å². The lowest BCUT2D eigenvalue weighted by Gasteiger charge is -2.19. The fourth-order valence-corrected chi connectivity index (χ4v) is 3.21. The van der Waals surface area contributed by atoms with Gasteiger partial charge in [-0.2, -0.15) is 0 Å². The summed E-state index contributed by atoms with van der Waals surface area (Å²) in [5.74, 6) is -1.04. The second-order valence-corrected chi connectivity index (χ2v) is 6.84. The molecule has 1 amide bonds. The fourth-order valence-electron chi connectivity index (χ4n) is 2.57. The summed E-state index contributed by atoms with van der Waals surface area (Å²) < 4.78 is 32.1. The van der Waals surface area contributed by atoms with E-state index in [2.05, 4.69) is 15.5 Å². The zero-order valence-corrected chi connectivity index (χ0v) is 15.4. The molecule has 27 heavy (non-hydrogen) atoms. The maximum atomic E-state index is 13.2. The van der Waals surface area contributed by atoms with Crippen molar-refractivity contribution in [3.63, 3.8) is 0 Å². The predicted octanol–water partition coefficient (Wildman–Crippen LogP) is 3.93. The molecule has 0 aliphatic rings. The van der Waals surface area contributed by atoms with Crippen LogP contribution in [0.25, 0.3) is 10.8 Å². The third kappa shape index (κ3) is 5.41. The molecule has 0 radical (unpaired) electrons. The number of aromatic nitrogens is 2. The highest BCUT2D eigenvalue weighted by Crippen LogP contribution is 2.23. The monoisotopic (exact) mass is 392 g/mol. The van der Waals surface area contributed by atoms with E-state index in [0.29, 0.717) is 24.9 Å². The van der Waals surface area contributed by atoms with Gasteiger partial charge in [0.1, 0.15) is 11.6 Å². The van der Waals surface area contributed by atoms with Crippen LogP contribution in [0.1, 0.15) is 19.2 Å². The van der Waals surface area contributed by atoms with Crippen molar-refractivity contribution in [1.82, 2.24) is 15.1 Å². The number of carbonyl (C=O) groups excluding carboxylic acids is 1. The first-order valence-electron chi connectivity index (χ1n) is 8.38. The number of amides is 1. The molecule has 0 aliphatic carbocycles. The van der Waals surface area contributed by atoms with Crippen molar-refractivity contribution in [2.24, 2.45) is 0 Å². The summed E-state index contributed by atoms with van der Waals surface area (Å²) in [5, 5.41) is 12.5. The lowest BCUT2D eigenvalue weighted by atomic mass is 10.3. The van der Waals surface area contributed by atoms with Crippen molar-refractivity contribution in [3.8, 4) is 10.8 Å². The molecule has 0 bridgehead atoms. The molecule has 3 aromatic rings. The van der Waals surface area contributed by atoms with Gasteiger partial charge in [-0.05, 0) is 36.5 Å². The van der Waals surface area contributed by atoms with Gasteiger partial charge in [0.15, 0.2) is 0 Å². The Morgan fingerprint density at radius 3 is 2.70 bits per heavy atom. The Bertz CT molecular complexity index is 878. The highest BCUT2D eigenvalue weighted by Gasteiger charge is 2.16. The van der Waals surface area contributed by atoms with Gasteiger partial charge in [-0.1, -0.05) is 13.0 Å². The highest BCUT2D eigenvalue weighted by molar-refractivity contribution is 7.13. The minimum Gasteiger partial charge on any atom is -0.419 e. The maximum Gasteiger partial charge on any atom is 0.257 e. The maximum absolute atomic E-state index is 13.2. The molecule has 2 aromatic heterocycles. The smallest absolute Gasteiger partial charge is 0.257 e. The summed E-state index contributed by atoms with van der Waals surface area (Å²) in [7, 11) is 0. The van der Waals surface area contributed by atoms with E-state index in [1.807, 2.05) is 29.3 Å². The van der Waals surface area contributed by atoms with Crippen LogP contribution in [0.3, 0.4) is 0 Å². The van der Waals surface area contributed by atoms with E-state index < -0.39 is 11.6 Å². The van der Waals surface area contributed by atoms with E-state index >= 15 is 0 Å². The molecule has 0 spiro atoms. The zero-order chi connectivity index (χ0) is 19.2. The van der Waals surface area contributed by atoms with Crippen LogP contribution < -0.4 is 5.32 Å². The van der Waals surface area contributed by atoms with Crippen LogP contribution in [-0.2, 0) is 11.3 Å². The summed E-state index contributed by atoms with van der Waals surface area (Å²) in [4.78, 5) is 14.9. The first kappa shape index (κ1) is 19.1. The summed E-state index contributed by atoms with van der Waals surface area (Å²) >= 11 is 1.50. The van der Waals surface area contributed by atoms with Crippen LogP contribution in [0, 0.1) is 11.6 Å². The third-order valence-corrected chi connectivity index (χ3v) is 4.47. The molecule has 1 aromatic carbocycles.